The second kappa shape index (κ2) is 4.70. The SMILES string of the molecule is COc1ccc(-c2cccc3[nH]c(C(=O)O)cc23)cn1. The molecule has 5 nitrogen and oxygen atoms in total. The normalized spacial score (nSPS) is 10.7. The van der Waals surface area contributed by atoms with Gasteiger partial charge in [0.1, 0.15) is 5.69 Å². The number of methoxy groups -OCH3 is 1. The van der Waals surface area contributed by atoms with Gasteiger partial charge in [-0.2, -0.15) is 0 Å². The lowest BCUT2D eigenvalue weighted by atomic mass is 10.0. The van der Waals surface area contributed by atoms with Crippen LogP contribution in [0.5, 0.6) is 5.88 Å². The van der Waals surface area contributed by atoms with Crippen LogP contribution in [0.15, 0.2) is 42.6 Å². The standard InChI is InChI=1S/C15H12N2O3/c1-20-14-6-5-9(8-16-14)10-3-2-4-12-11(10)7-13(17-12)15(18)19/h2-8,17H,1H3,(H,18,19). The van der Waals surface area contributed by atoms with E-state index in [4.69, 9.17) is 9.84 Å². The van der Waals surface area contributed by atoms with Crippen molar-refractivity contribution in [2.45, 2.75) is 0 Å². The maximum atomic E-state index is 11.0. The highest BCUT2D eigenvalue weighted by Crippen LogP contribution is 2.29. The fourth-order valence-electron chi connectivity index (χ4n) is 2.18. The second-order valence-electron chi connectivity index (χ2n) is 4.34. The van der Waals surface area contributed by atoms with Crippen molar-refractivity contribution in [2.24, 2.45) is 0 Å². The second-order valence-corrected chi connectivity index (χ2v) is 4.34. The van der Waals surface area contributed by atoms with Gasteiger partial charge in [-0.25, -0.2) is 9.78 Å². The monoisotopic (exact) mass is 268 g/mol. The number of pyridine rings is 1. The molecule has 100 valence electrons. The highest BCUT2D eigenvalue weighted by molar-refractivity contribution is 6.00. The lowest BCUT2D eigenvalue weighted by Crippen LogP contribution is -1.94. The van der Waals surface area contributed by atoms with Crippen LogP contribution in [-0.2, 0) is 0 Å². The van der Waals surface area contributed by atoms with E-state index < -0.39 is 5.97 Å². The smallest absolute Gasteiger partial charge is 0.352 e. The molecule has 0 saturated heterocycles. The molecule has 2 heterocycles. The van der Waals surface area contributed by atoms with Crippen LogP contribution in [0.25, 0.3) is 22.0 Å². The number of hydrogen-bond acceptors (Lipinski definition) is 3. The first-order valence-electron chi connectivity index (χ1n) is 6.04. The number of rotatable bonds is 3. The van der Waals surface area contributed by atoms with Gasteiger partial charge in [0.15, 0.2) is 0 Å². The molecule has 5 heteroatoms. The van der Waals surface area contributed by atoms with Crippen molar-refractivity contribution >= 4 is 16.9 Å². The topological polar surface area (TPSA) is 75.2 Å². The van der Waals surface area contributed by atoms with Gasteiger partial charge in [-0.05, 0) is 23.8 Å². The number of carboxylic acids is 1. The lowest BCUT2D eigenvalue weighted by molar-refractivity contribution is 0.0691. The molecule has 0 spiro atoms. The number of carbonyl (C=O) groups is 1. The molecule has 3 rings (SSSR count). The van der Waals surface area contributed by atoms with E-state index in [0.717, 1.165) is 22.0 Å². The van der Waals surface area contributed by atoms with Gasteiger partial charge in [0, 0.05) is 28.7 Å². The van der Waals surface area contributed by atoms with Crippen molar-refractivity contribution in [3.8, 4) is 17.0 Å². The Kier molecular flexibility index (Phi) is 2.87. The average molecular weight is 268 g/mol. The summed E-state index contributed by atoms with van der Waals surface area (Å²) >= 11 is 0. The quantitative estimate of drug-likeness (QED) is 0.765. The predicted octanol–water partition coefficient (Wildman–Crippen LogP) is 2.94. The molecule has 3 aromatic rings. The van der Waals surface area contributed by atoms with Crippen molar-refractivity contribution < 1.29 is 14.6 Å². The number of hydrogen-bond donors (Lipinski definition) is 2. The predicted molar refractivity (Wildman–Crippen MR) is 75.0 cm³/mol. The minimum atomic E-state index is -0.972. The molecule has 0 unspecified atom stereocenters. The highest BCUT2D eigenvalue weighted by atomic mass is 16.5. The Bertz CT molecular complexity index is 775. The summed E-state index contributed by atoms with van der Waals surface area (Å²) in [6.07, 6.45) is 1.71. The summed E-state index contributed by atoms with van der Waals surface area (Å²) in [5, 5.41) is 9.91. The molecular weight excluding hydrogens is 256 g/mol. The van der Waals surface area contributed by atoms with Gasteiger partial charge in [-0.3, -0.25) is 0 Å². The Morgan fingerprint density at radius 1 is 1.30 bits per heavy atom. The van der Waals surface area contributed by atoms with Crippen LogP contribution < -0.4 is 4.74 Å². The number of aromatic carboxylic acids is 1. The van der Waals surface area contributed by atoms with Crippen LogP contribution in [0, 0.1) is 0 Å². The summed E-state index contributed by atoms with van der Waals surface area (Å²) in [5.74, 6) is -0.429. The molecule has 20 heavy (non-hydrogen) atoms. The number of aromatic nitrogens is 2. The number of nitrogens with zero attached hydrogens (tertiary/aromatic N) is 1. The number of nitrogens with one attached hydrogen (secondary N) is 1. The molecule has 0 saturated carbocycles. The lowest BCUT2D eigenvalue weighted by Gasteiger charge is -2.04. The molecule has 0 bridgehead atoms. The Labute approximate surface area is 114 Å². The molecular formula is C15H12N2O3. The van der Waals surface area contributed by atoms with Gasteiger partial charge < -0.3 is 14.8 Å². The third-order valence-electron chi connectivity index (χ3n) is 3.15. The maximum Gasteiger partial charge on any atom is 0.352 e. The van der Waals surface area contributed by atoms with Crippen molar-refractivity contribution in [2.75, 3.05) is 7.11 Å². The minimum absolute atomic E-state index is 0.175. The van der Waals surface area contributed by atoms with E-state index in [9.17, 15) is 4.79 Å². The van der Waals surface area contributed by atoms with E-state index in [1.165, 1.54) is 0 Å². The van der Waals surface area contributed by atoms with Crippen LogP contribution in [0.4, 0.5) is 0 Å². The van der Waals surface area contributed by atoms with Crippen LogP contribution in [0.2, 0.25) is 0 Å². The maximum absolute atomic E-state index is 11.0. The van der Waals surface area contributed by atoms with Crippen molar-refractivity contribution in [1.82, 2.24) is 9.97 Å². The fourth-order valence-corrected chi connectivity index (χ4v) is 2.18. The fraction of sp³-hybridized carbons (Fsp3) is 0.0667. The summed E-state index contributed by atoms with van der Waals surface area (Å²) in [6.45, 7) is 0. The van der Waals surface area contributed by atoms with Crippen LogP contribution in [-0.4, -0.2) is 28.2 Å². The summed E-state index contributed by atoms with van der Waals surface area (Å²) < 4.78 is 5.03. The Hall–Kier alpha value is -2.82. The van der Waals surface area contributed by atoms with E-state index in [-0.39, 0.29) is 5.69 Å². The first-order chi connectivity index (χ1) is 9.69. The Balaban J connectivity index is 2.16. The van der Waals surface area contributed by atoms with Gasteiger partial charge in [0.2, 0.25) is 5.88 Å². The average Bonchev–Trinajstić information content (AvgIpc) is 2.91. The zero-order chi connectivity index (χ0) is 14.1. The largest absolute Gasteiger partial charge is 0.481 e. The highest BCUT2D eigenvalue weighted by Gasteiger charge is 2.11. The number of aromatic amines is 1. The first kappa shape index (κ1) is 12.2. The molecule has 2 aromatic heterocycles. The van der Waals surface area contributed by atoms with E-state index >= 15 is 0 Å². The molecule has 2 N–H and O–H groups in total. The molecule has 1 aromatic carbocycles. The van der Waals surface area contributed by atoms with Gasteiger partial charge in [0.25, 0.3) is 0 Å². The third kappa shape index (κ3) is 1.99. The Morgan fingerprint density at radius 3 is 2.80 bits per heavy atom. The van der Waals surface area contributed by atoms with Crippen molar-refractivity contribution in [3.63, 3.8) is 0 Å². The Morgan fingerprint density at radius 2 is 2.15 bits per heavy atom. The molecule has 0 aliphatic carbocycles. The van der Waals surface area contributed by atoms with Gasteiger partial charge in [0.05, 0.1) is 7.11 Å². The van der Waals surface area contributed by atoms with Gasteiger partial charge in [-0.15, -0.1) is 0 Å². The summed E-state index contributed by atoms with van der Waals surface area (Å²) in [5.41, 5.74) is 2.80. The minimum Gasteiger partial charge on any atom is -0.481 e. The molecule has 0 amide bonds. The number of H-pyrrole nitrogens is 1. The molecule has 0 fully saturated rings. The van der Waals surface area contributed by atoms with Crippen LogP contribution in [0.3, 0.4) is 0 Å². The van der Waals surface area contributed by atoms with E-state index in [0.29, 0.717) is 5.88 Å². The number of benzene rings is 1. The first-order valence-corrected chi connectivity index (χ1v) is 6.04. The van der Waals surface area contributed by atoms with Crippen molar-refractivity contribution in [3.05, 3.63) is 48.3 Å². The van der Waals surface area contributed by atoms with E-state index in [1.807, 2.05) is 24.3 Å². The third-order valence-corrected chi connectivity index (χ3v) is 3.15. The molecule has 0 atom stereocenters. The molecule has 0 radical (unpaired) electrons. The number of carboxylic acid groups (broad SMARTS) is 1. The van der Waals surface area contributed by atoms with E-state index in [2.05, 4.69) is 9.97 Å². The number of fused-ring (bicyclic) bond motifs is 1. The van der Waals surface area contributed by atoms with Gasteiger partial charge >= 0.3 is 5.97 Å². The zero-order valence-electron chi connectivity index (χ0n) is 10.8. The summed E-state index contributed by atoms with van der Waals surface area (Å²) in [4.78, 5) is 18.1. The number of ether oxygens (including phenoxy) is 1. The van der Waals surface area contributed by atoms with Crippen molar-refractivity contribution in [1.29, 1.82) is 0 Å². The van der Waals surface area contributed by atoms with Crippen LogP contribution >= 0.6 is 0 Å². The zero-order valence-corrected chi connectivity index (χ0v) is 10.8. The van der Waals surface area contributed by atoms with Crippen LogP contribution in [0.1, 0.15) is 10.5 Å². The molecule has 0 aliphatic rings. The van der Waals surface area contributed by atoms with Gasteiger partial charge in [-0.1, -0.05) is 12.1 Å². The summed E-state index contributed by atoms with van der Waals surface area (Å²) in [6, 6.07) is 11.0. The van der Waals surface area contributed by atoms with E-state index in [1.54, 1.807) is 25.4 Å². The summed E-state index contributed by atoms with van der Waals surface area (Å²) in [7, 11) is 1.56. The molecule has 0 aliphatic heterocycles.